The fourth-order valence-corrected chi connectivity index (χ4v) is 1.94. The van der Waals surface area contributed by atoms with Crippen LogP contribution in [0.1, 0.15) is 17.3 Å². The number of imidazole rings is 1. The highest BCUT2D eigenvalue weighted by molar-refractivity contribution is 6.04. The van der Waals surface area contributed by atoms with Gasteiger partial charge in [0.2, 0.25) is 0 Å². The Balaban J connectivity index is 2.63. The molecule has 0 saturated heterocycles. The first-order valence-corrected chi connectivity index (χ1v) is 6.08. The van der Waals surface area contributed by atoms with Gasteiger partial charge in [0.05, 0.1) is 17.7 Å². The molecule has 0 fully saturated rings. The normalized spacial score (nSPS) is 10.1. The molecule has 0 aliphatic heterocycles. The molecule has 0 atom stereocenters. The predicted molar refractivity (Wildman–Crippen MR) is 73.7 cm³/mol. The Morgan fingerprint density at radius 3 is 2.90 bits per heavy atom. The Morgan fingerprint density at radius 2 is 2.29 bits per heavy atom. The number of esters is 1. The zero-order chi connectivity index (χ0) is 15.4. The summed E-state index contributed by atoms with van der Waals surface area (Å²) in [6, 6.07) is 4.75. The Bertz CT molecular complexity index is 760. The van der Waals surface area contributed by atoms with E-state index in [1.54, 1.807) is 19.1 Å². The lowest BCUT2D eigenvalue weighted by molar-refractivity contribution is -0.143. The van der Waals surface area contributed by atoms with Crippen molar-refractivity contribution in [2.24, 2.45) is 10.8 Å². The number of amides is 1. The molecule has 0 radical (unpaired) electrons. The number of aromatic nitrogens is 2. The maximum Gasteiger partial charge on any atom is 0.326 e. The topological polar surface area (TPSA) is 136 Å². The molecule has 9 heteroatoms. The van der Waals surface area contributed by atoms with E-state index < -0.39 is 11.9 Å². The molecule has 0 saturated carbocycles. The molecule has 21 heavy (non-hydrogen) atoms. The minimum Gasteiger partial charge on any atom is -0.465 e. The molecule has 0 aliphatic carbocycles. The van der Waals surface area contributed by atoms with Crippen molar-refractivity contribution in [3.8, 4) is 0 Å². The molecule has 108 valence electrons. The van der Waals surface area contributed by atoms with Crippen LogP contribution < -0.4 is 5.73 Å². The molecule has 1 heterocycles. The number of primary amides is 1. The molecule has 2 N–H and O–H groups in total. The first-order chi connectivity index (χ1) is 10.1. The van der Waals surface area contributed by atoms with Crippen LogP contribution in [0.5, 0.6) is 0 Å². The van der Waals surface area contributed by atoms with Crippen molar-refractivity contribution < 1.29 is 14.3 Å². The van der Waals surface area contributed by atoms with Gasteiger partial charge >= 0.3 is 5.97 Å². The molecule has 2 aromatic rings. The van der Waals surface area contributed by atoms with Gasteiger partial charge in [-0.25, -0.2) is 4.98 Å². The number of azide groups is 1. The second kappa shape index (κ2) is 5.93. The average Bonchev–Trinajstić information content (AvgIpc) is 2.77. The van der Waals surface area contributed by atoms with Gasteiger partial charge in [0.1, 0.15) is 12.1 Å². The van der Waals surface area contributed by atoms with E-state index in [4.69, 9.17) is 16.0 Å². The van der Waals surface area contributed by atoms with Crippen LogP contribution in [-0.4, -0.2) is 28.0 Å². The highest BCUT2D eigenvalue weighted by atomic mass is 16.5. The van der Waals surface area contributed by atoms with Crippen LogP contribution in [0.4, 0.5) is 5.95 Å². The number of rotatable bonds is 5. The quantitative estimate of drug-likeness (QED) is 0.387. The molecule has 0 bridgehead atoms. The molecule has 2 rings (SSSR count). The number of hydrogen-bond donors (Lipinski definition) is 1. The summed E-state index contributed by atoms with van der Waals surface area (Å²) >= 11 is 0. The van der Waals surface area contributed by atoms with E-state index in [9.17, 15) is 9.59 Å². The van der Waals surface area contributed by atoms with Crippen molar-refractivity contribution >= 4 is 28.9 Å². The van der Waals surface area contributed by atoms with E-state index in [1.807, 2.05) is 0 Å². The van der Waals surface area contributed by atoms with Crippen molar-refractivity contribution in [1.82, 2.24) is 9.55 Å². The van der Waals surface area contributed by atoms with Gasteiger partial charge in [-0.05, 0) is 29.7 Å². The zero-order valence-electron chi connectivity index (χ0n) is 11.2. The van der Waals surface area contributed by atoms with Crippen LogP contribution in [0.3, 0.4) is 0 Å². The van der Waals surface area contributed by atoms with Crippen LogP contribution in [-0.2, 0) is 16.1 Å². The number of carbonyl (C=O) groups excluding carboxylic acids is 2. The number of carbonyl (C=O) groups is 2. The van der Waals surface area contributed by atoms with Crippen molar-refractivity contribution in [2.75, 3.05) is 6.61 Å². The van der Waals surface area contributed by atoms with Gasteiger partial charge in [-0.3, -0.25) is 9.59 Å². The SMILES string of the molecule is CCOC(=O)Cn1c(N=[N+]=[N-])nc2c(C(N)=O)cccc21. The minimum atomic E-state index is -0.658. The van der Waals surface area contributed by atoms with Gasteiger partial charge < -0.3 is 15.0 Å². The number of ether oxygens (including phenoxy) is 1. The summed E-state index contributed by atoms with van der Waals surface area (Å²) in [6.07, 6.45) is 0. The third kappa shape index (κ3) is 2.77. The van der Waals surface area contributed by atoms with Crippen LogP contribution in [0.25, 0.3) is 21.5 Å². The van der Waals surface area contributed by atoms with Crippen molar-refractivity contribution in [2.45, 2.75) is 13.5 Å². The maximum atomic E-state index is 11.6. The lowest BCUT2D eigenvalue weighted by atomic mass is 10.2. The van der Waals surface area contributed by atoms with Gasteiger partial charge in [-0.1, -0.05) is 6.07 Å². The number of nitrogens with two attached hydrogens (primary N) is 1. The van der Waals surface area contributed by atoms with E-state index in [0.717, 1.165) is 0 Å². The van der Waals surface area contributed by atoms with Crippen LogP contribution in [0.2, 0.25) is 0 Å². The summed E-state index contributed by atoms with van der Waals surface area (Å²) in [5, 5.41) is 3.43. The summed E-state index contributed by atoms with van der Waals surface area (Å²) in [4.78, 5) is 29.8. The molecule has 1 amide bonds. The van der Waals surface area contributed by atoms with E-state index in [1.165, 1.54) is 10.6 Å². The first kappa shape index (κ1) is 14.4. The number of nitrogens with zero attached hydrogens (tertiary/aromatic N) is 5. The Hall–Kier alpha value is -3.06. The molecule has 0 aliphatic rings. The summed E-state index contributed by atoms with van der Waals surface area (Å²) in [5.41, 5.74) is 14.8. The van der Waals surface area contributed by atoms with E-state index >= 15 is 0 Å². The van der Waals surface area contributed by atoms with E-state index in [2.05, 4.69) is 15.0 Å². The summed E-state index contributed by atoms with van der Waals surface area (Å²) in [7, 11) is 0. The van der Waals surface area contributed by atoms with Gasteiger partial charge in [-0.2, -0.15) is 0 Å². The number of fused-ring (bicyclic) bond motifs is 1. The van der Waals surface area contributed by atoms with Crippen LogP contribution in [0.15, 0.2) is 23.3 Å². The summed E-state index contributed by atoms with van der Waals surface area (Å²) in [5.74, 6) is -1.20. The summed E-state index contributed by atoms with van der Waals surface area (Å²) < 4.78 is 6.24. The second-order valence-electron chi connectivity index (χ2n) is 4.03. The van der Waals surface area contributed by atoms with Gasteiger partial charge in [0.25, 0.3) is 5.91 Å². The third-order valence-corrected chi connectivity index (χ3v) is 2.75. The van der Waals surface area contributed by atoms with Crippen molar-refractivity contribution in [1.29, 1.82) is 0 Å². The lowest BCUT2D eigenvalue weighted by Crippen LogP contribution is -2.13. The summed E-state index contributed by atoms with van der Waals surface area (Å²) in [6.45, 7) is 1.74. The first-order valence-electron chi connectivity index (χ1n) is 6.08. The molecule has 1 aromatic heterocycles. The molecule has 0 spiro atoms. The van der Waals surface area contributed by atoms with Gasteiger partial charge in [0.15, 0.2) is 5.95 Å². The molecule has 1 aromatic carbocycles. The smallest absolute Gasteiger partial charge is 0.326 e. The van der Waals surface area contributed by atoms with Crippen LogP contribution >= 0.6 is 0 Å². The van der Waals surface area contributed by atoms with Gasteiger partial charge in [0, 0.05) is 4.91 Å². The van der Waals surface area contributed by atoms with Crippen LogP contribution in [0, 0.1) is 0 Å². The second-order valence-corrected chi connectivity index (χ2v) is 4.03. The zero-order valence-corrected chi connectivity index (χ0v) is 11.2. The van der Waals surface area contributed by atoms with Crippen molar-refractivity contribution in [3.63, 3.8) is 0 Å². The van der Waals surface area contributed by atoms with E-state index in [-0.39, 0.29) is 30.2 Å². The van der Waals surface area contributed by atoms with Crippen molar-refractivity contribution in [3.05, 3.63) is 34.2 Å². The fourth-order valence-electron chi connectivity index (χ4n) is 1.94. The predicted octanol–water partition coefficient (Wildman–Crippen LogP) is 1.64. The lowest BCUT2D eigenvalue weighted by Gasteiger charge is -2.06. The largest absolute Gasteiger partial charge is 0.465 e. The standard InChI is InChI=1S/C12H12N6O3/c1-2-21-9(19)6-18-8-5-3-4-7(11(13)20)10(8)15-12(18)16-17-14/h3-5H,2,6H2,1H3,(H2,13,20). The average molecular weight is 288 g/mol. The Labute approximate surface area is 118 Å². The molecule has 9 nitrogen and oxygen atoms in total. The monoisotopic (exact) mass is 288 g/mol. The molecule has 0 unspecified atom stereocenters. The maximum absolute atomic E-state index is 11.6. The Morgan fingerprint density at radius 1 is 1.52 bits per heavy atom. The number of hydrogen-bond acceptors (Lipinski definition) is 5. The molecular formula is C12H12N6O3. The van der Waals surface area contributed by atoms with Gasteiger partial charge in [-0.15, -0.1) is 0 Å². The highest BCUT2D eigenvalue weighted by Crippen LogP contribution is 2.24. The number of benzene rings is 1. The van der Waals surface area contributed by atoms with E-state index in [0.29, 0.717) is 5.52 Å². The Kier molecular flexibility index (Phi) is 4.05. The highest BCUT2D eigenvalue weighted by Gasteiger charge is 2.17. The third-order valence-electron chi connectivity index (χ3n) is 2.75. The number of para-hydroxylation sites is 1. The molecular weight excluding hydrogens is 276 g/mol. The minimum absolute atomic E-state index is 0.0331. The fraction of sp³-hybridized carbons (Fsp3) is 0.250.